The molecule has 0 amide bonds. The van der Waals surface area contributed by atoms with Crippen LogP contribution in [0.4, 0.5) is 14.5 Å². The minimum atomic E-state index is -1.46. The van der Waals surface area contributed by atoms with Crippen molar-refractivity contribution in [3.8, 4) is 0 Å². The number of halogens is 2. The van der Waals surface area contributed by atoms with Gasteiger partial charge in [-0.3, -0.25) is 0 Å². The van der Waals surface area contributed by atoms with Crippen molar-refractivity contribution in [3.05, 3.63) is 29.3 Å². The van der Waals surface area contributed by atoms with E-state index in [0.717, 1.165) is 6.07 Å². The van der Waals surface area contributed by atoms with Gasteiger partial charge in [0.1, 0.15) is 0 Å². The Labute approximate surface area is 96.8 Å². The van der Waals surface area contributed by atoms with Gasteiger partial charge in [-0.1, -0.05) is 0 Å². The van der Waals surface area contributed by atoms with Crippen LogP contribution in [-0.4, -0.2) is 37.3 Å². The Morgan fingerprint density at radius 3 is 2.47 bits per heavy atom. The molecule has 1 aliphatic heterocycles. The first-order valence-electron chi connectivity index (χ1n) is 5.28. The van der Waals surface area contributed by atoms with Crippen molar-refractivity contribution in [2.45, 2.75) is 0 Å². The van der Waals surface area contributed by atoms with E-state index in [-0.39, 0.29) is 5.69 Å². The van der Waals surface area contributed by atoms with Gasteiger partial charge in [0.05, 0.1) is 11.3 Å². The third kappa shape index (κ3) is 2.21. The summed E-state index contributed by atoms with van der Waals surface area (Å²) in [6, 6.07) is 2.41. The summed E-state index contributed by atoms with van der Waals surface area (Å²) in [4.78, 5) is 12.3. The van der Waals surface area contributed by atoms with Crippen LogP contribution in [0.25, 0.3) is 0 Å². The Morgan fingerprint density at radius 1 is 1.24 bits per heavy atom. The first-order chi connectivity index (χ1) is 8.11. The highest BCUT2D eigenvalue weighted by Crippen LogP contribution is 2.24. The van der Waals surface area contributed by atoms with Crippen LogP contribution < -0.4 is 10.2 Å². The zero-order valence-corrected chi connectivity index (χ0v) is 9.04. The van der Waals surface area contributed by atoms with Crippen LogP contribution in [0.15, 0.2) is 12.1 Å². The number of hydrogen-bond donors (Lipinski definition) is 2. The topological polar surface area (TPSA) is 52.6 Å². The van der Waals surface area contributed by atoms with Gasteiger partial charge in [0.2, 0.25) is 0 Å². The third-order valence-electron chi connectivity index (χ3n) is 2.75. The number of nitrogens with zero attached hydrogens (tertiary/aromatic N) is 1. The molecule has 0 aliphatic carbocycles. The van der Waals surface area contributed by atoms with Crippen molar-refractivity contribution in [1.82, 2.24) is 5.32 Å². The molecule has 0 radical (unpaired) electrons. The van der Waals surface area contributed by atoms with Crippen molar-refractivity contribution < 1.29 is 18.7 Å². The average molecular weight is 242 g/mol. The summed E-state index contributed by atoms with van der Waals surface area (Å²) in [6.07, 6.45) is 0. The second-order valence-electron chi connectivity index (χ2n) is 3.80. The third-order valence-corrected chi connectivity index (χ3v) is 2.75. The Balaban J connectivity index is 2.36. The standard InChI is InChI=1S/C11H12F2N2O2/c12-9-7(11(16)17)1-2-8(10(9)13)15-5-3-14-4-6-15/h1-2,14H,3-6H2,(H,16,17). The lowest BCUT2D eigenvalue weighted by Gasteiger charge is -2.29. The number of piperazine rings is 1. The van der Waals surface area contributed by atoms with E-state index < -0.39 is 23.2 Å². The molecule has 2 N–H and O–H groups in total. The molecule has 6 heteroatoms. The maximum atomic E-state index is 13.7. The zero-order chi connectivity index (χ0) is 12.4. The van der Waals surface area contributed by atoms with Crippen molar-refractivity contribution in [2.75, 3.05) is 31.1 Å². The molecule has 0 atom stereocenters. The van der Waals surface area contributed by atoms with Crippen molar-refractivity contribution in [3.63, 3.8) is 0 Å². The molecule has 1 aromatic carbocycles. The van der Waals surface area contributed by atoms with Gasteiger partial charge < -0.3 is 15.3 Å². The van der Waals surface area contributed by atoms with E-state index >= 15 is 0 Å². The molecule has 1 saturated heterocycles. The monoisotopic (exact) mass is 242 g/mol. The molecule has 92 valence electrons. The first kappa shape index (κ1) is 11.8. The van der Waals surface area contributed by atoms with Crippen molar-refractivity contribution in [2.24, 2.45) is 0 Å². The Morgan fingerprint density at radius 2 is 1.88 bits per heavy atom. The van der Waals surface area contributed by atoms with Crippen molar-refractivity contribution >= 4 is 11.7 Å². The summed E-state index contributed by atoms with van der Waals surface area (Å²) in [5.74, 6) is -3.85. The maximum Gasteiger partial charge on any atom is 0.338 e. The van der Waals surface area contributed by atoms with Gasteiger partial charge in [0.25, 0.3) is 0 Å². The Hall–Kier alpha value is -1.69. The first-order valence-corrected chi connectivity index (χ1v) is 5.28. The normalized spacial score (nSPS) is 16.0. The predicted molar refractivity (Wildman–Crippen MR) is 58.4 cm³/mol. The van der Waals surface area contributed by atoms with Gasteiger partial charge in [0.15, 0.2) is 11.6 Å². The lowest BCUT2D eigenvalue weighted by atomic mass is 10.1. The van der Waals surface area contributed by atoms with Crippen LogP contribution in [0.5, 0.6) is 0 Å². The lowest BCUT2D eigenvalue weighted by molar-refractivity contribution is 0.0690. The summed E-state index contributed by atoms with van der Waals surface area (Å²) in [5.41, 5.74) is -0.518. The molecule has 0 bridgehead atoms. The quantitative estimate of drug-likeness (QED) is 0.814. The molecular weight excluding hydrogens is 230 g/mol. The fourth-order valence-corrected chi connectivity index (χ4v) is 1.85. The fourth-order valence-electron chi connectivity index (χ4n) is 1.85. The lowest BCUT2D eigenvalue weighted by Crippen LogP contribution is -2.44. The Kier molecular flexibility index (Phi) is 3.23. The minimum absolute atomic E-state index is 0.119. The molecule has 2 rings (SSSR count). The van der Waals surface area contributed by atoms with E-state index in [4.69, 9.17) is 5.11 Å². The van der Waals surface area contributed by atoms with Gasteiger partial charge in [-0.15, -0.1) is 0 Å². The Bertz CT molecular complexity index is 445. The van der Waals surface area contributed by atoms with E-state index in [0.29, 0.717) is 26.2 Å². The number of carboxylic acid groups (broad SMARTS) is 1. The molecule has 1 aliphatic rings. The molecule has 0 unspecified atom stereocenters. The summed E-state index contributed by atoms with van der Waals surface area (Å²) < 4.78 is 27.2. The molecule has 1 heterocycles. The number of hydrogen-bond acceptors (Lipinski definition) is 3. The fraction of sp³-hybridized carbons (Fsp3) is 0.364. The van der Waals surface area contributed by atoms with Crippen LogP contribution in [0.2, 0.25) is 0 Å². The summed E-state index contributed by atoms with van der Waals surface area (Å²) in [5, 5.41) is 11.8. The van der Waals surface area contributed by atoms with E-state index in [1.165, 1.54) is 6.07 Å². The molecule has 1 aromatic rings. The SMILES string of the molecule is O=C(O)c1ccc(N2CCNCC2)c(F)c1F. The summed E-state index contributed by atoms with van der Waals surface area (Å²) in [7, 11) is 0. The van der Waals surface area contributed by atoms with Crippen LogP contribution in [-0.2, 0) is 0 Å². The van der Waals surface area contributed by atoms with Gasteiger partial charge >= 0.3 is 5.97 Å². The largest absolute Gasteiger partial charge is 0.478 e. The smallest absolute Gasteiger partial charge is 0.338 e. The number of rotatable bonds is 2. The van der Waals surface area contributed by atoms with E-state index in [1.807, 2.05) is 0 Å². The number of anilines is 1. The highest BCUT2D eigenvalue weighted by molar-refractivity contribution is 5.88. The molecular formula is C11H12F2N2O2. The van der Waals surface area contributed by atoms with E-state index in [2.05, 4.69) is 5.32 Å². The average Bonchev–Trinajstić information content (AvgIpc) is 2.33. The van der Waals surface area contributed by atoms with Gasteiger partial charge in [-0.25, -0.2) is 13.6 Å². The van der Waals surface area contributed by atoms with E-state index in [1.54, 1.807) is 4.90 Å². The van der Waals surface area contributed by atoms with Crippen LogP contribution >= 0.6 is 0 Å². The molecule has 0 saturated carbocycles. The van der Waals surface area contributed by atoms with Crippen LogP contribution in [0.1, 0.15) is 10.4 Å². The van der Waals surface area contributed by atoms with Gasteiger partial charge in [0, 0.05) is 26.2 Å². The molecule has 17 heavy (non-hydrogen) atoms. The zero-order valence-electron chi connectivity index (χ0n) is 9.04. The van der Waals surface area contributed by atoms with E-state index in [9.17, 15) is 13.6 Å². The second-order valence-corrected chi connectivity index (χ2v) is 3.80. The van der Waals surface area contributed by atoms with Gasteiger partial charge in [-0.2, -0.15) is 0 Å². The predicted octanol–water partition coefficient (Wildman–Crippen LogP) is 1.07. The molecule has 0 aromatic heterocycles. The van der Waals surface area contributed by atoms with Crippen molar-refractivity contribution in [1.29, 1.82) is 0 Å². The number of carbonyl (C=O) groups is 1. The molecule has 1 fully saturated rings. The number of nitrogens with one attached hydrogen (secondary N) is 1. The van der Waals surface area contributed by atoms with Gasteiger partial charge in [-0.05, 0) is 12.1 Å². The minimum Gasteiger partial charge on any atom is -0.478 e. The highest BCUT2D eigenvalue weighted by atomic mass is 19.2. The second kappa shape index (κ2) is 4.67. The summed E-state index contributed by atoms with van der Waals surface area (Å²) >= 11 is 0. The summed E-state index contributed by atoms with van der Waals surface area (Å²) in [6.45, 7) is 2.54. The maximum absolute atomic E-state index is 13.7. The highest BCUT2D eigenvalue weighted by Gasteiger charge is 2.21. The number of aromatic carboxylic acids is 1. The number of benzene rings is 1. The molecule has 4 nitrogen and oxygen atoms in total. The number of carboxylic acids is 1. The molecule has 0 spiro atoms. The van der Waals surface area contributed by atoms with Crippen LogP contribution in [0, 0.1) is 11.6 Å². The van der Waals surface area contributed by atoms with Crippen LogP contribution in [0.3, 0.4) is 0 Å².